The van der Waals surface area contributed by atoms with Crippen molar-refractivity contribution in [2.45, 2.75) is 25.8 Å². The van der Waals surface area contributed by atoms with Crippen molar-refractivity contribution in [3.63, 3.8) is 0 Å². The average molecular weight is 299 g/mol. The van der Waals surface area contributed by atoms with Crippen LogP contribution in [0.15, 0.2) is 30.5 Å². The van der Waals surface area contributed by atoms with Crippen LogP contribution in [0.2, 0.25) is 0 Å². The van der Waals surface area contributed by atoms with Crippen LogP contribution in [0.5, 0.6) is 0 Å². The number of fused-ring (bicyclic) bond motifs is 1. The van der Waals surface area contributed by atoms with Crippen molar-refractivity contribution in [2.24, 2.45) is 0 Å². The number of nitrogens with one attached hydrogen (secondary N) is 1. The van der Waals surface area contributed by atoms with Gasteiger partial charge in [-0.15, -0.1) is 0 Å². The second kappa shape index (κ2) is 7.27. The van der Waals surface area contributed by atoms with Crippen LogP contribution in [0.1, 0.15) is 18.4 Å². The van der Waals surface area contributed by atoms with E-state index in [4.69, 9.17) is 10.4 Å². The number of carboxylic acids is 1. The molecule has 1 amide bonds. The molecule has 2 N–H and O–H groups in total. The van der Waals surface area contributed by atoms with Crippen LogP contribution < -0.4 is 5.32 Å². The molecule has 2 aromatic rings. The number of hydrogen-bond acceptors (Lipinski definition) is 3. The van der Waals surface area contributed by atoms with Crippen LogP contribution in [0.4, 0.5) is 0 Å². The fourth-order valence-electron chi connectivity index (χ4n) is 2.36. The number of rotatable bonds is 7. The number of carbonyl (C=O) groups excluding carboxylic acids is 1. The van der Waals surface area contributed by atoms with Crippen molar-refractivity contribution in [2.75, 3.05) is 6.54 Å². The number of hydrogen-bond donors (Lipinski definition) is 2. The van der Waals surface area contributed by atoms with E-state index in [0.29, 0.717) is 13.0 Å². The van der Waals surface area contributed by atoms with Gasteiger partial charge in [0.05, 0.1) is 12.5 Å². The Labute approximate surface area is 128 Å². The minimum Gasteiger partial charge on any atom is -0.481 e. The molecule has 0 aliphatic heterocycles. The summed E-state index contributed by atoms with van der Waals surface area (Å²) in [7, 11) is 0. The second-order valence-electron chi connectivity index (χ2n) is 4.95. The fraction of sp³-hybridized carbons (Fsp3) is 0.312. The molecule has 2 rings (SSSR count). The Balaban J connectivity index is 2.17. The third-order valence-electron chi connectivity index (χ3n) is 3.35. The molecule has 6 heteroatoms. The first-order valence-electron chi connectivity index (χ1n) is 7.04. The lowest BCUT2D eigenvalue weighted by molar-refractivity contribution is -0.137. The van der Waals surface area contributed by atoms with Gasteiger partial charge < -0.3 is 15.0 Å². The normalized spacial score (nSPS) is 10.3. The minimum atomic E-state index is -0.842. The number of benzene rings is 1. The molecular weight excluding hydrogens is 282 g/mol. The first-order chi connectivity index (χ1) is 10.6. The summed E-state index contributed by atoms with van der Waals surface area (Å²) in [6.45, 7) is 0.486. The highest BCUT2D eigenvalue weighted by Crippen LogP contribution is 2.22. The average Bonchev–Trinajstić information content (AvgIpc) is 2.84. The van der Waals surface area contributed by atoms with E-state index in [1.807, 2.05) is 41.1 Å². The zero-order valence-electron chi connectivity index (χ0n) is 12.1. The van der Waals surface area contributed by atoms with Gasteiger partial charge in [0.1, 0.15) is 6.54 Å². The van der Waals surface area contributed by atoms with Crippen LogP contribution in [0.25, 0.3) is 10.9 Å². The molecule has 0 spiro atoms. The third kappa shape index (κ3) is 3.85. The molecular formula is C16H17N3O3. The summed E-state index contributed by atoms with van der Waals surface area (Å²) < 4.78 is 1.81. The number of aliphatic carboxylic acids is 1. The highest BCUT2D eigenvalue weighted by atomic mass is 16.4. The maximum atomic E-state index is 11.9. The fourth-order valence-corrected chi connectivity index (χ4v) is 2.36. The van der Waals surface area contributed by atoms with E-state index in [9.17, 15) is 9.59 Å². The van der Waals surface area contributed by atoms with Gasteiger partial charge in [0.25, 0.3) is 0 Å². The molecule has 0 unspecified atom stereocenters. The molecule has 6 nitrogen and oxygen atoms in total. The van der Waals surface area contributed by atoms with Crippen LogP contribution in [0.3, 0.4) is 0 Å². The maximum Gasteiger partial charge on any atom is 0.303 e. The van der Waals surface area contributed by atoms with Crippen LogP contribution >= 0.6 is 0 Å². The standard InChI is InChI=1S/C16H17N3O3/c17-8-3-9-18-15(20)11-19-10-12(6-7-16(21)22)13-4-1-2-5-14(13)19/h1-2,4-5,10H,3,6-7,9,11H2,(H,18,20)(H,21,22). The number of para-hydroxylation sites is 1. The summed E-state index contributed by atoms with van der Waals surface area (Å²) in [4.78, 5) is 22.6. The number of aromatic nitrogens is 1. The van der Waals surface area contributed by atoms with Gasteiger partial charge in [0, 0.05) is 30.1 Å². The van der Waals surface area contributed by atoms with Gasteiger partial charge in [0.2, 0.25) is 5.91 Å². The Morgan fingerprint density at radius 3 is 2.82 bits per heavy atom. The van der Waals surface area contributed by atoms with Gasteiger partial charge in [0.15, 0.2) is 0 Å². The van der Waals surface area contributed by atoms with E-state index < -0.39 is 5.97 Å². The first-order valence-corrected chi connectivity index (χ1v) is 7.04. The van der Waals surface area contributed by atoms with Crippen molar-refractivity contribution < 1.29 is 14.7 Å². The number of carbonyl (C=O) groups is 2. The quantitative estimate of drug-likeness (QED) is 0.760. The Morgan fingerprint density at radius 2 is 2.09 bits per heavy atom. The van der Waals surface area contributed by atoms with E-state index >= 15 is 0 Å². The van der Waals surface area contributed by atoms with Crippen LogP contribution in [-0.2, 0) is 22.6 Å². The van der Waals surface area contributed by atoms with Gasteiger partial charge in [-0.2, -0.15) is 5.26 Å². The molecule has 22 heavy (non-hydrogen) atoms. The zero-order chi connectivity index (χ0) is 15.9. The molecule has 1 aromatic carbocycles. The number of aryl methyl sites for hydroxylation is 1. The molecule has 0 fully saturated rings. The van der Waals surface area contributed by atoms with Gasteiger partial charge in [-0.05, 0) is 18.1 Å². The molecule has 0 radical (unpaired) electrons. The Hall–Kier alpha value is -2.81. The summed E-state index contributed by atoms with van der Waals surface area (Å²) in [5, 5.41) is 20.9. The topological polar surface area (TPSA) is 95.1 Å². The summed E-state index contributed by atoms with van der Waals surface area (Å²) in [6, 6.07) is 9.58. The predicted molar refractivity (Wildman–Crippen MR) is 81.1 cm³/mol. The summed E-state index contributed by atoms with van der Waals surface area (Å²) >= 11 is 0. The smallest absolute Gasteiger partial charge is 0.303 e. The van der Waals surface area contributed by atoms with Crippen molar-refractivity contribution in [3.8, 4) is 6.07 Å². The molecule has 114 valence electrons. The van der Waals surface area contributed by atoms with E-state index in [2.05, 4.69) is 5.32 Å². The van der Waals surface area contributed by atoms with E-state index in [1.54, 1.807) is 0 Å². The first kappa shape index (κ1) is 15.6. The Morgan fingerprint density at radius 1 is 1.32 bits per heavy atom. The molecule has 0 atom stereocenters. The summed E-state index contributed by atoms with van der Waals surface area (Å²) in [5.41, 5.74) is 1.82. The van der Waals surface area contributed by atoms with Gasteiger partial charge in [-0.25, -0.2) is 0 Å². The molecule has 0 saturated carbocycles. The molecule has 0 bridgehead atoms. The Kier molecular flexibility index (Phi) is 5.15. The molecule has 1 heterocycles. The lowest BCUT2D eigenvalue weighted by Gasteiger charge is -2.05. The molecule has 0 aliphatic carbocycles. The SMILES string of the molecule is N#CCCNC(=O)Cn1cc(CCC(=O)O)c2ccccc21. The summed E-state index contributed by atoms with van der Waals surface area (Å²) in [6.07, 6.45) is 2.60. The zero-order valence-corrected chi connectivity index (χ0v) is 12.1. The predicted octanol–water partition coefficient (Wildman–Crippen LogP) is 1.69. The number of amides is 1. The van der Waals surface area contributed by atoms with E-state index in [-0.39, 0.29) is 25.3 Å². The number of nitriles is 1. The van der Waals surface area contributed by atoms with Crippen molar-refractivity contribution in [1.29, 1.82) is 5.26 Å². The highest BCUT2D eigenvalue weighted by Gasteiger charge is 2.11. The van der Waals surface area contributed by atoms with E-state index in [1.165, 1.54) is 0 Å². The van der Waals surface area contributed by atoms with E-state index in [0.717, 1.165) is 16.5 Å². The molecule has 0 saturated heterocycles. The minimum absolute atomic E-state index is 0.0579. The third-order valence-corrected chi connectivity index (χ3v) is 3.35. The van der Waals surface area contributed by atoms with Crippen molar-refractivity contribution in [1.82, 2.24) is 9.88 Å². The van der Waals surface area contributed by atoms with Crippen LogP contribution in [-0.4, -0.2) is 28.1 Å². The number of nitrogens with zero attached hydrogens (tertiary/aromatic N) is 2. The van der Waals surface area contributed by atoms with Crippen molar-refractivity contribution in [3.05, 3.63) is 36.0 Å². The van der Waals surface area contributed by atoms with Gasteiger partial charge in [-0.3, -0.25) is 9.59 Å². The molecule has 0 aliphatic rings. The lowest BCUT2D eigenvalue weighted by Crippen LogP contribution is -2.28. The second-order valence-corrected chi connectivity index (χ2v) is 4.95. The van der Waals surface area contributed by atoms with Crippen molar-refractivity contribution >= 4 is 22.8 Å². The van der Waals surface area contributed by atoms with Gasteiger partial charge >= 0.3 is 5.97 Å². The summed E-state index contributed by atoms with van der Waals surface area (Å²) in [5.74, 6) is -1.01. The Bertz CT molecular complexity index is 728. The number of carboxylic acid groups (broad SMARTS) is 1. The monoisotopic (exact) mass is 299 g/mol. The maximum absolute atomic E-state index is 11.9. The van der Waals surface area contributed by atoms with Gasteiger partial charge in [-0.1, -0.05) is 18.2 Å². The van der Waals surface area contributed by atoms with Crippen LogP contribution in [0, 0.1) is 11.3 Å². The lowest BCUT2D eigenvalue weighted by atomic mass is 10.1. The largest absolute Gasteiger partial charge is 0.481 e. The molecule has 1 aromatic heterocycles. The highest BCUT2D eigenvalue weighted by molar-refractivity contribution is 5.86.